The summed E-state index contributed by atoms with van der Waals surface area (Å²) in [6.45, 7) is 2.27. The van der Waals surface area contributed by atoms with E-state index in [1.807, 2.05) is 6.92 Å². The number of amides is 1. The third-order valence-electron chi connectivity index (χ3n) is 1.94. The smallest absolute Gasteiger partial charge is 0.337 e. The van der Waals surface area contributed by atoms with E-state index in [1.54, 1.807) is 12.1 Å². The Balaban J connectivity index is 2.09. The first kappa shape index (κ1) is 12.5. The first-order valence-corrected chi connectivity index (χ1v) is 5.97. The average Bonchev–Trinajstić information content (AvgIpc) is 2.77. The molecule has 0 fully saturated rings. The predicted molar refractivity (Wildman–Crippen MR) is 67.4 cm³/mol. The molecule has 2 N–H and O–H groups in total. The van der Waals surface area contributed by atoms with Crippen LogP contribution in [-0.4, -0.2) is 32.7 Å². The monoisotopic (exact) mass is 311 g/mol. The zero-order valence-corrected chi connectivity index (χ0v) is 11.1. The minimum atomic E-state index is -0.387. The van der Waals surface area contributed by atoms with Crippen molar-refractivity contribution in [2.24, 2.45) is 0 Å². The van der Waals surface area contributed by atoms with Crippen LogP contribution in [0.2, 0.25) is 0 Å². The van der Waals surface area contributed by atoms with Crippen molar-refractivity contribution in [3.63, 3.8) is 0 Å². The summed E-state index contributed by atoms with van der Waals surface area (Å²) < 4.78 is 5.67. The number of carbonyl (C=O) groups is 1. The van der Waals surface area contributed by atoms with Crippen LogP contribution in [0.15, 0.2) is 22.8 Å². The van der Waals surface area contributed by atoms with Gasteiger partial charge < -0.3 is 4.74 Å². The Morgan fingerprint density at radius 1 is 1.61 bits per heavy atom. The van der Waals surface area contributed by atoms with E-state index in [4.69, 9.17) is 4.74 Å². The van der Waals surface area contributed by atoms with E-state index in [-0.39, 0.29) is 23.6 Å². The normalized spacial score (nSPS) is 10.1. The average molecular weight is 312 g/mol. The Morgan fingerprint density at radius 3 is 3.17 bits per heavy atom. The van der Waals surface area contributed by atoms with Crippen molar-refractivity contribution in [1.29, 1.82) is 0 Å². The van der Waals surface area contributed by atoms with Gasteiger partial charge in [0.05, 0.1) is 6.61 Å². The van der Waals surface area contributed by atoms with E-state index < -0.39 is 0 Å². The number of rotatable bonds is 4. The number of carbonyl (C=O) groups excluding carboxylic acids is 1. The predicted octanol–water partition coefficient (Wildman–Crippen LogP) is 1.61. The number of aromatic amines is 1. The molecule has 18 heavy (non-hydrogen) atoms. The van der Waals surface area contributed by atoms with Crippen molar-refractivity contribution in [1.82, 2.24) is 20.2 Å². The lowest BCUT2D eigenvalue weighted by atomic mass is 10.3. The zero-order valence-electron chi connectivity index (χ0n) is 9.48. The van der Waals surface area contributed by atoms with Crippen LogP contribution >= 0.6 is 15.9 Å². The Kier molecular flexibility index (Phi) is 3.88. The van der Waals surface area contributed by atoms with Gasteiger partial charge in [-0.2, -0.15) is 4.98 Å². The molecule has 0 aromatic carbocycles. The quantitative estimate of drug-likeness (QED) is 0.895. The summed E-state index contributed by atoms with van der Waals surface area (Å²) in [5.74, 6) is -0.178. The molecule has 94 valence electrons. The SMILES string of the molecule is CCOc1n[nH]c(NC(=O)c2ncccc2Br)n1. The van der Waals surface area contributed by atoms with Gasteiger partial charge in [0.15, 0.2) is 0 Å². The van der Waals surface area contributed by atoms with Gasteiger partial charge in [0, 0.05) is 10.7 Å². The van der Waals surface area contributed by atoms with Gasteiger partial charge in [-0.15, -0.1) is 5.10 Å². The maximum absolute atomic E-state index is 11.9. The lowest BCUT2D eigenvalue weighted by Crippen LogP contribution is -2.15. The summed E-state index contributed by atoms with van der Waals surface area (Å²) in [4.78, 5) is 19.8. The van der Waals surface area contributed by atoms with Gasteiger partial charge in [0.2, 0.25) is 5.95 Å². The summed E-state index contributed by atoms with van der Waals surface area (Å²) in [5, 5.41) is 8.86. The molecular weight excluding hydrogens is 302 g/mol. The van der Waals surface area contributed by atoms with Crippen molar-refractivity contribution < 1.29 is 9.53 Å². The standard InChI is InChI=1S/C10H10BrN5O2/c1-2-18-10-14-9(15-16-10)13-8(17)7-6(11)4-3-5-12-7/h3-5H,2H2,1H3,(H2,13,14,15,16,17). The Hall–Kier alpha value is -1.96. The number of H-pyrrole nitrogens is 1. The zero-order chi connectivity index (χ0) is 13.0. The molecule has 1 amide bonds. The van der Waals surface area contributed by atoms with Crippen LogP contribution < -0.4 is 10.1 Å². The van der Waals surface area contributed by atoms with E-state index in [9.17, 15) is 4.79 Å². The third-order valence-corrected chi connectivity index (χ3v) is 2.58. The van der Waals surface area contributed by atoms with Crippen molar-refractivity contribution in [2.45, 2.75) is 6.92 Å². The van der Waals surface area contributed by atoms with Gasteiger partial charge in [-0.1, -0.05) is 0 Å². The summed E-state index contributed by atoms with van der Waals surface area (Å²) in [7, 11) is 0. The molecule has 0 radical (unpaired) electrons. The molecule has 0 aliphatic heterocycles. The highest BCUT2D eigenvalue weighted by Crippen LogP contribution is 2.14. The molecule has 8 heteroatoms. The molecule has 2 aromatic rings. The molecular formula is C10H10BrN5O2. The molecule has 2 heterocycles. The number of halogens is 1. The number of aromatic nitrogens is 4. The number of anilines is 1. The number of ether oxygens (including phenoxy) is 1. The van der Waals surface area contributed by atoms with E-state index in [0.29, 0.717) is 11.1 Å². The van der Waals surface area contributed by atoms with E-state index in [2.05, 4.69) is 41.4 Å². The van der Waals surface area contributed by atoms with Gasteiger partial charge in [-0.3, -0.25) is 10.1 Å². The molecule has 7 nitrogen and oxygen atoms in total. The van der Waals surface area contributed by atoms with Gasteiger partial charge in [0.1, 0.15) is 5.69 Å². The van der Waals surface area contributed by atoms with Crippen LogP contribution in [0.5, 0.6) is 6.01 Å². The van der Waals surface area contributed by atoms with Crippen LogP contribution in [0.4, 0.5) is 5.95 Å². The van der Waals surface area contributed by atoms with Crippen LogP contribution in [0.1, 0.15) is 17.4 Å². The molecule has 0 aliphatic carbocycles. The number of pyridine rings is 1. The van der Waals surface area contributed by atoms with Crippen LogP contribution in [0.25, 0.3) is 0 Å². The fraction of sp³-hybridized carbons (Fsp3) is 0.200. The lowest BCUT2D eigenvalue weighted by molar-refractivity contribution is 0.102. The maximum atomic E-state index is 11.9. The highest BCUT2D eigenvalue weighted by molar-refractivity contribution is 9.10. The van der Waals surface area contributed by atoms with Crippen molar-refractivity contribution in [3.05, 3.63) is 28.5 Å². The second-order valence-electron chi connectivity index (χ2n) is 3.19. The highest BCUT2D eigenvalue weighted by Gasteiger charge is 2.13. The Bertz CT molecular complexity index is 557. The molecule has 0 bridgehead atoms. The van der Waals surface area contributed by atoms with E-state index in [0.717, 1.165) is 0 Å². The molecule has 0 saturated heterocycles. The van der Waals surface area contributed by atoms with E-state index in [1.165, 1.54) is 6.20 Å². The van der Waals surface area contributed by atoms with Crippen LogP contribution in [-0.2, 0) is 0 Å². The van der Waals surface area contributed by atoms with Gasteiger partial charge in [-0.25, -0.2) is 10.1 Å². The molecule has 0 spiro atoms. The Labute approximate surface area is 111 Å². The fourth-order valence-corrected chi connectivity index (χ4v) is 1.65. The number of nitrogens with one attached hydrogen (secondary N) is 2. The number of hydrogen-bond acceptors (Lipinski definition) is 5. The summed E-state index contributed by atoms with van der Waals surface area (Å²) in [6.07, 6.45) is 1.53. The topological polar surface area (TPSA) is 92.8 Å². The van der Waals surface area contributed by atoms with Gasteiger partial charge in [0.25, 0.3) is 5.91 Å². The van der Waals surface area contributed by atoms with Crippen LogP contribution in [0, 0.1) is 0 Å². The first-order valence-electron chi connectivity index (χ1n) is 5.17. The molecule has 0 saturated carbocycles. The highest BCUT2D eigenvalue weighted by atomic mass is 79.9. The molecule has 0 aliphatic rings. The van der Waals surface area contributed by atoms with E-state index >= 15 is 0 Å². The summed E-state index contributed by atoms with van der Waals surface area (Å²) in [6, 6.07) is 3.64. The number of nitrogens with zero attached hydrogens (tertiary/aromatic N) is 3. The molecule has 2 aromatic heterocycles. The summed E-state index contributed by atoms with van der Waals surface area (Å²) in [5.41, 5.74) is 0.270. The largest absolute Gasteiger partial charge is 0.463 e. The molecule has 0 atom stereocenters. The second-order valence-corrected chi connectivity index (χ2v) is 4.04. The van der Waals surface area contributed by atoms with Gasteiger partial charge >= 0.3 is 6.01 Å². The van der Waals surface area contributed by atoms with Crippen molar-refractivity contribution >= 4 is 27.8 Å². The fourth-order valence-electron chi connectivity index (χ4n) is 1.22. The molecule has 0 unspecified atom stereocenters. The Morgan fingerprint density at radius 2 is 2.44 bits per heavy atom. The minimum absolute atomic E-state index is 0.188. The van der Waals surface area contributed by atoms with Crippen molar-refractivity contribution in [2.75, 3.05) is 11.9 Å². The second kappa shape index (κ2) is 5.58. The van der Waals surface area contributed by atoms with Crippen LogP contribution in [0.3, 0.4) is 0 Å². The summed E-state index contributed by atoms with van der Waals surface area (Å²) >= 11 is 3.25. The molecule has 2 rings (SSSR count). The third kappa shape index (κ3) is 2.83. The first-order chi connectivity index (χ1) is 8.70. The lowest BCUT2D eigenvalue weighted by Gasteiger charge is -2.01. The minimum Gasteiger partial charge on any atom is -0.463 e. The number of hydrogen-bond donors (Lipinski definition) is 2. The van der Waals surface area contributed by atoms with Gasteiger partial charge in [-0.05, 0) is 35.0 Å². The van der Waals surface area contributed by atoms with Crippen molar-refractivity contribution in [3.8, 4) is 6.01 Å². The maximum Gasteiger partial charge on any atom is 0.337 e.